The molecule has 2 rings (SSSR count). The first-order chi connectivity index (χ1) is 10.8. The molecule has 1 amide bonds. The number of aliphatic hydroxyl groups is 1. The van der Waals surface area contributed by atoms with Gasteiger partial charge in [-0.25, -0.2) is 0 Å². The summed E-state index contributed by atoms with van der Waals surface area (Å²) in [6, 6.07) is 1.95. The minimum atomic E-state index is -0.929. The number of nitrogens with zero attached hydrogens (tertiary/aromatic N) is 1. The second-order valence-electron chi connectivity index (χ2n) is 6.75. The molecule has 1 aromatic rings. The molecule has 1 aliphatic carbocycles. The van der Waals surface area contributed by atoms with E-state index in [1.54, 1.807) is 18.5 Å². The fourth-order valence-corrected chi connectivity index (χ4v) is 2.90. The molecule has 0 aliphatic heterocycles. The average molecular weight is 318 g/mol. The second-order valence-corrected chi connectivity index (χ2v) is 6.75. The Morgan fingerprint density at radius 2 is 2.26 bits per heavy atom. The van der Waals surface area contributed by atoms with Crippen LogP contribution in [0.3, 0.4) is 0 Å². The quantitative estimate of drug-likeness (QED) is 0.788. The van der Waals surface area contributed by atoms with Gasteiger partial charge in [0.05, 0.1) is 11.7 Å². The van der Waals surface area contributed by atoms with Crippen molar-refractivity contribution in [2.75, 3.05) is 13.2 Å². The molecule has 2 atom stereocenters. The van der Waals surface area contributed by atoms with Gasteiger partial charge in [-0.1, -0.05) is 13.8 Å². The van der Waals surface area contributed by atoms with E-state index in [4.69, 9.17) is 4.74 Å². The van der Waals surface area contributed by atoms with Gasteiger partial charge >= 0.3 is 0 Å². The third kappa shape index (κ3) is 3.79. The van der Waals surface area contributed by atoms with Gasteiger partial charge in [-0.3, -0.25) is 9.78 Å². The first-order valence-electron chi connectivity index (χ1n) is 8.00. The number of amides is 1. The fourth-order valence-electron chi connectivity index (χ4n) is 2.90. The zero-order valence-corrected chi connectivity index (χ0v) is 14.3. The van der Waals surface area contributed by atoms with Crippen LogP contribution in [0.4, 0.5) is 0 Å². The normalized spacial score (nSPS) is 26.0. The van der Waals surface area contributed by atoms with Crippen LogP contribution in [0.15, 0.2) is 24.5 Å². The molecule has 1 aromatic heterocycles. The molecule has 0 saturated heterocycles. The summed E-state index contributed by atoms with van der Waals surface area (Å²) in [6.45, 7) is 8.69. The highest BCUT2D eigenvalue weighted by Crippen LogP contribution is 2.50. The molecular formula is C18H26N2O3. The Labute approximate surface area is 137 Å². The number of carbonyl (C=O) groups excluding carboxylic acids is 1. The molecule has 5 heteroatoms. The number of carbonyl (C=O) groups is 1. The molecule has 0 unspecified atom stereocenters. The summed E-state index contributed by atoms with van der Waals surface area (Å²) in [5.74, 6) is -0.226. The highest BCUT2D eigenvalue weighted by molar-refractivity contribution is 5.91. The Hall–Kier alpha value is -1.72. The lowest BCUT2D eigenvalue weighted by molar-refractivity contribution is -0.238. The van der Waals surface area contributed by atoms with Crippen LogP contribution in [-0.4, -0.2) is 40.9 Å². The van der Waals surface area contributed by atoms with Crippen LogP contribution in [0.25, 0.3) is 6.08 Å². The molecule has 1 fully saturated rings. The van der Waals surface area contributed by atoms with Gasteiger partial charge in [-0.15, -0.1) is 0 Å². The molecule has 0 spiro atoms. The zero-order valence-electron chi connectivity index (χ0n) is 14.3. The van der Waals surface area contributed by atoms with E-state index >= 15 is 0 Å². The summed E-state index contributed by atoms with van der Waals surface area (Å²) in [6.07, 6.45) is 7.22. The van der Waals surface area contributed by atoms with E-state index in [0.29, 0.717) is 13.0 Å². The van der Waals surface area contributed by atoms with Crippen molar-refractivity contribution in [3.63, 3.8) is 0 Å². The number of hydrogen-bond donors (Lipinski definition) is 2. The summed E-state index contributed by atoms with van der Waals surface area (Å²) in [7, 11) is 0. The Morgan fingerprint density at radius 3 is 2.87 bits per heavy atom. The predicted octanol–water partition coefficient (Wildman–Crippen LogP) is 2.09. The van der Waals surface area contributed by atoms with Gasteiger partial charge in [0.15, 0.2) is 0 Å². The first kappa shape index (κ1) is 17.6. The topological polar surface area (TPSA) is 71.5 Å². The predicted molar refractivity (Wildman–Crippen MR) is 89.8 cm³/mol. The minimum absolute atomic E-state index is 0.0308. The summed E-state index contributed by atoms with van der Waals surface area (Å²) in [5, 5.41) is 13.5. The lowest BCUT2D eigenvalue weighted by atomic mass is 9.56. The van der Waals surface area contributed by atoms with Gasteiger partial charge in [0.1, 0.15) is 0 Å². The highest BCUT2D eigenvalue weighted by Gasteiger charge is 2.59. The van der Waals surface area contributed by atoms with E-state index in [1.807, 2.05) is 33.8 Å². The summed E-state index contributed by atoms with van der Waals surface area (Å²) in [5.41, 5.74) is 0.612. The molecule has 1 heterocycles. The van der Waals surface area contributed by atoms with Crippen molar-refractivity contribution in [2.24, 2.45) is 5.41 Å². The van der Waals surface area contributed by atoms with Crippen molar-refractivity contribution in [3.05, 3.63) is 35.7 Å². The van der Waals surface area contributed by atoms with E-state index in [0.717, 1.165) is 11.1 Å². The molecule has 2 N–H and O–H groups in total. The van der Waals surface area contributed by atoms with Gasteiger partial charge in [-0.05, 0) is 37.1 Å². The Bertz CT molecular complexity index is 598. The third-order valence-electron chi connectivity index (χ3n) is 4.77. The fraction of sp³-hybridized carbons (Fsp3) is 0.556. The minimum Gasteiger partial charge on any atom is -0.387 e. The van der Waals surface area contributed by atoms with E-state index in [1.165, 1.54) is 6.08 Å². The Kier molecular flexibility index (Phi) is 5.22. The SMILES string of the molecule is CCO[C@H]1C[C@@](O)(CNC(=O)/C=C/c2cncc(C)c2)C1(C)C. The van der Waals surface area contributed by atoms with Crippen molar-refractivity contribution in [2.45, 2.75) is 45.8 Å². The van der Waals surface area contributed by atoms with Crippen LogP contribution in [-0.2, 0) is 9.53 Å². The summed E-state index contributed by atoms with van der Waals surface area (Å²) >= 11 is 0. The van der Waals surface area contributed by atoms with Crippen molar-refractivity contribution in [1.82, 2.24) is 10.3 Å². The molecule has 0 aromatic carbocycles. The van der Waals surface area contributed by atoms with Crippen molar-refractivity contribution in [3.8, 4) is 0 Å². The van der Waals surface area contributed by atoms with E-state index in [-0.39, 0.29) is 24.0 Å². The monoisotopic (exact) mass is 318 g/mol. The van der Waals surface area contributed by atoms with E-state index in [9.17, 15) is 9.90 Å². The number of aryl methyl sites for hydroxylation is 1. The van der Waals surface area contributed by atoms with Gasteiger partial charge in [-0.2, -0.15) is 0 Å². The van der Waals surface area contributed by atoms with Crippen LogP contribution in [0.1, 0.15) is 38.3 Å². The standard InChI is InChI=1S/C18H26N2O3/c1-5-23-15-9-18(22,17(15,3)4)12-20-16(21)7-6-14-8-13(2)10-19-11-14/h6-8,10-11,15,22H,5,9,12H2,1-4H3,(H,20,21)/b7-6+/t15-,18+/m0/s1. The van der Waals surface area contributed by atoms with Crippen LogP contribution in [0.5, 0.6) is 0 Å². The maximum absolute atomic E-state index is 11.9. The maximum Gasteiger partial charge on any atom is 0.244 e. The molecule has 126 valence electrons. The van der Waals surface area contributed by atoms with Crippen LogP contribution in [0.2, 0.25) is 0 Å². The number of pyridine rings is 1. The average Bonchev–Trinajstić information content (AvgIpc) is 2.51. The second kappa shape index (κ2) is 6.81. The van der Waals surface area contributed by atoms with Gasteiger partial charge < -0.3 is 15.2 Å². The lowest BCUT2D eigenvalue weighted by Crippen LogP contribution is -2.68. The van der Waals surface area contributed by atoms with Crippen LogP contribution >= 0.6 is 0 Å². The van der Waals surface area contributed by atoms with Crippen LogP contribution < -0.4 is 5.32 Å². The molecule has 0 radical (unpaired) electrons. The Morgan fingerprint density at radius 1 is 1.52 bits per heavy atom. The number of rotatable bonds is 6. The number of hydrogen-bond acceptors (Lipinski definition) is 4. The van der Waals surface area contributed by atoms with Crippen molar-refractivity contribution < 1.29 is 14.6 Å². The number of nitrogens with one attached hydrogen (secondary N) is 1. The van der Waals surface area contributed by atoms with Gasteiger partial charge in [0.2, 0.25) is 5.91 Å². The smallest absolute Gasteiger partial charge is 0.244 e. The molecule has 1 aliphatic rings. The molecule has 5 nitrogen and oxygen atoms in total. The van der Waals surface area contributed by atoms with Gasteiger partial charge in [0, 0.05) is 43.5 Å². The summed E-state index contributed by atoms with van der Waals surface area (Å²) in [4.78, 5) is 16.0. The third-order valence-corrected chi connectivity index (χ3v) is 4.77. The Balaban J connectivity index is 1.87. The number of ether oxygens (including phenoxy) is 1. The van der Waals surface area contributed by atoms with Crippen molar-refractivity contribution in [1.29, 1.82) is 0 Å². The summed E-state index contributed by atoms with van der Waals surface area (Å²) < 4.78 is 5.62. The van der Waals surface area contributed by atoms with Crippen LogP contribution in [0, 0.1) is 12.3 Å². The van der Waals surface area contributed by atoms with Gasteiger partial charge in [0.25, 0.3) is 0 Å². The van der Waals surface area contributed by atoms with E-state index in [2.05, 4.69) is 10.3 Å². The molecule has 1 saturated carbocycles. The zero-order chi connectivity index (χ0) is 17.1. The number of aromatic nitrogens is 1. The highest BCUT2D eigenvalue weighted by atomic mass is 16.5. The molecule has 0 bridgehead atoms. The molecule has 23 heavy (non-hydrogen) atoms. The van der Waals surface area contributed by atoms with Crippen molar-refractivity contribution >= 4 is 12.0 Å². The van der Waals surface area contributed by atoms with E-state index < -0.39 is 5.60 Å². The first-order valence-corrected chi connectivity index (χ1v) is 8.00. The lowest BCUT2D eigenvalue weighted by Gasteiger charge is -2.57. The maximum atomic E-state index is 11.9. The molecular weight excluding hydrogens is 292 g/mol. The largest absolute Gasteiger partial charge is 0.387 e.